The van der Waals surface area contributed by atoms with Crippen molar-refractivity contribution in [2.24, 2.45) is 0 Å². The summed E-state index contributed by atoms with van der Waals surface area (Å²) >= 11 is 0. The molecule has 0 unspecified atom stereocenters. The molecular weight excluding hydrogens is 364 g/mol. The van der Waals surface area contributed by atoms with Crippen molar-refractivity contribution < 1.29 is 14.3 Å². The smallest absolute Gasteiger partial charge is 0.253 e. The van der Waals surface area contributed by atoms with E-state index in [9.17, 15) is 4.79 Å². The highest BCUT2D eigenvalue weighted by Crippen LogP contribution is 2.26. The number of amides is 1. The van der Waals surface area contributed by atoms with E-state index in [2.05, 4.69) is 48.2 Å². The van der Waals surface area contributed by atoms with Gasteiger partial charge in [0.1, 0.15) is 12.4 Å². The highest BCUT2D eigenvalue weighted by atomic mass is 16.5. The van der Waals surface area contributed by atoms with Gasteiger partial charge in [0.05, 0.1) is 7.11 Å². The summed E-state index contributed by atoms with van der Waals surface area (Å²) in [4.78, 5) is 17.2. The van der Waals surface area contributed by atoms with Crippen LogP contribution < -0.4 is 9.64 Å². The van der Waals surface area contributed by atoms with Gasteiger partial charge < -0.3 is 14.4 Å². The van der Waals surface area contributed by atoms with E-state index < -0.39 is 0 Å². The molecule has 0 radical (unpaired) electrons. The fourth-order valence-corrected chi connectivity index (χ4v) is 4.01. The van der Waals surface area contributed by atoms with Gasteiger partial charge in [0.25, 0.3) is 5.91 Å². The number of likely N-dealkylation sites (tertiary alicyclic amines) is 1. The van der Waals surface area contributed by atoms with E-state index in [1.165, 1.54) is 11.1 Å². The lowest BCUT2D eigenvalue weighted by molar-refractivity contribution is -0.122. The molecule has 5 nitrogen and oxygen atoms in total. The van der Waals surface area contributed by atoms with Crippen molar-refractivity contribution in [3.05, 3.63) is 59.7 Å². The number of piperidine rings is 1. The number of ether oxygens (including phenoxy) is 2. The topological polar surface area (TPSA) is 42.0 Å². The Morgan fingerprint density at radius 1 is 1.07 bits per heavy atom. The van der Waals surface area contributed by atoms with Crippen molar-refractivity contribution in [2.45, 2.75) is 38.8 Å². The second-order valence-electron chi connectivity index (χ2n) is 7.58. The Morgan fingerprint density at radius 2 is 1.79 bits per heavy atom. The summed E-state index contributed by atoms with van der Waals surface area (Å²) < 4.78 is 10.5. The summed E-state index contributed by atoms with van der Waals surface area (Å²) in [6, 6.07) is 16.8. The van der Waals surface area contributed by atoms with Gasteiger partial charge in [-0.3, -0.25) is 9.69 Å². The first kappa shape index (κ1) is 21.3. The van der Waals surface area contributed by atoms with E-state index in [0.29, 0.717) is 0 Å². The number of carbonyl (C=O) groups excluding carboxylic acids is 1. The molecule has 1 aliphatic heterocycles. The van der Waals surface area contributed by atoms with Crippen LogP contribution in [-0.4, -0.2) is 50.8 Å². The third kappa shape index (κ3) is 5.58. The Hall–Kier alpha value is -2.37. The first-order valence-electron chi connectivity index (χ1n) is 10.4. The van der Waals surface area contributed by atoms with E-state index in [1.807, 2.05) is 17.0 Å². The van der Waals surface area contributed by atoms with Crippen LogP contribution >= 0.6 is 0 Å². The third-order valence-corrected chi connectivity index (χ3v) is 5.62. The fraction of sp³-hybridized carbons (Fsp3) is 0.458. The minimum atomic E-state index is 0.0306. The van der Waals surface area contributed by atoms with E-state index in [1.54, 1.807) is 14.2 Å². The Morgan fingerprint density at radius 3 is 2.41 bits per heavy atom. The van der Waals surface area contributed by atoms with E-state index in [-0.39, 0.29) is 18.6 Å². The zero-order valence-corrected chi connectivity index (χ0v) is 17.8. The van der Waals surface area contributed by atoms with Gasteiger partial charge in [-0.2, -0.15) is 0 Å². The molecule has 3 rings (SSSR count). The second kappa shape index (κ2) is 10.4. The molecule has 1 aliphatic rings. The number of aryl methyl sites for hydroxylation is 1. The zero-order chi connectivity index (χ0) is 20.6. The number of hydrogen-bond acceptors (Lipinski definition) is 4. The van der Waals surface area contributed by atoms with E-state index in [0.717, 1.165) is 50.3 Å². The van der Waals surface area contributed by atoms with Gasteiger partial charge in [0.2, 0.25) is 0 Å². The molecule has 2 aromatic carbocycles. The minimum absolute atomic E-state index is 0.0306. The lowest BCUT2D eigenvalue weighted by Gasteiger charge is -2.38. The predicted molar refractivity (Wildman–Crippen MR) is 116 cm³/mol. The normalized spacial score (nSPS) is 15.3. The number of nitrogens with zero attached hydrogens (tertiary/aromatic N) is 2. The minimum Gasteiger partial charge on any atom is -0.497 e. The molecule has 1 fully saturated rings. The number of benzene rings is 2. The second-order valence-corrected chi connectivity index (χ2v) is 7.58. The van der Waals surface area contributed by atoms with Crippen LogP contribution in [0.1, 0.15) is 30.9 Å². The summed E-state index contributed by atoms with van der Waals surface area (Å²) in [6.45, 7) is 5.08. The van der Waals surface area contributed by atoms with E-state index in [4.69, 9.17) is 9.47 Å². The lowest BCUT2D eigenvalue weighted by Crippen LogP contribution is -2.48. The van der Waals surface area contributed by atoms with Crippen molar-refractivity contribution in [3.63, 3.8) is 0 Å². The van der Waals surface area contributed by atoms with Crippen LogP contribution in [0.5, 0.6) is 5.75 Å². The number of hydrogen-bond donors (Lipinski definition) is 0. The Labute approximate surface area is 174 Å². The maximum atomic E-state index is 12.8. The average molecular weight is 397 g/mol. The van der Waals surface area contributed by atoms with Gasteiger partial charge in [-0.1, -0.05) is 31.2 Å². The molecule has 29 heavy (non-hydrogen) atoms. The summed E-state index contributed by atoms with van der Waals surface area (Å²) in [7, 11) is 3.27. The Balaban J connectivity index is 1.66. The lowest BCUT2D eigenvalue weighted by atomic mass is 10.0. The van der Waals surface area contributed by atoms with E-state index >= 15 is 0 Å². The zero-order valence-electron chi connectivity index (χ0n) is 17.8. The third-order valence-electron chi connectivity index (χ3n) is 5.62. The molecular formula is C24H32N2O3. The van der Waals surface area contributed by atoms with Gasteiger partial charge in [0, 0.05) is 38.5 Å². The Bertz CT molecular complexity index is 783. The molecule has 0 saturated carbocycles. The molecule has 1 amide bonds. The summed E-state index contributed by atoms with van der Waals surface area (Å²) in [5.41, 5.74) is 3.50. The monoisotopic (exact) mass is 396 g/mol. The van der Waals surface area contributed by atoms with Crippen LogP contribution in [0.15, 0.2) is 48.5 Å². The predicted octanol–water partition coefficient (Wildman–Crippen LogP) is 3.90. The number of methoxy groups -OCH3 is 2. The van der Waals surface area contributed by atoms with Gasteiger partial charge in [-0.05, 0) is 54.7 Å². The van der Waals surface area contributed by atoms with Crippen LogP contribution in [0, 0.1) is 0 Å². The SMILES string of the molecule is CCc1ccc(N(C(=O)COC)C2CCN(Cc3cccc(OC)c3)CC2)cc1. The highest BCUT2D eigenvalue weighted by molar-refractivity contribution is 5.94. The fourth-order valence-electron chi connectivity index (χ4n) is 4.01. The first-order valence-corrected chi connectivity index (χ1v) is 10.4. The molecule has 0 spiro atoms. The molecule has 2 aromatic rings. The van der Waals surface area contributed by atoms with Gasteiger partial charge in [-0.15, -0.1) is 0 Å². The Kier molecular flexibility index (Phi) is 7.67. The van der Waals surface area contributed by atoms with Gasteiger partial charge >= 0.3 is 0 Å². The maximum Gasteiger partial charge on any atom is 0.253 e. The van der Waals surface area contributed by atoms with Crippen molar-refractivity contribution in [2.75, 3.05) is 38.8 Å². The molecule has 1 heterocycles. The van der Waals surface area contributed by atoms with Crippen LogP contribution in [-0.2, 0) is 22.5 Å². The average Bonchev–Trinajstić information content (AvgIpc) is 2.76. The summed E-state index contributed by atoms with van der Waals surface area (Å²) in [6.07, 6.45) is 2.90. The van der Waals surface area contributed by atoms with Crippen LogP contribution in [0.2, 0.25) is 0 Å². The van der Waals surface area contributed by atoms with Gasteiger partial charge in [-0.25, -0.2) is 0 Å². The molecule has 0 aromatic heterocycles. The van der Waals surface area contributed by atoms with Crippen LogP contribution in [0.3, 0.4) is 0 Å². The number of anilines is 1. The number of carbonyl (C=O) groups is 1. The molecule has 0 aliphatic carbocycles. The highest BCUT2D eigenvalue weighted by Gasteiger charge is 2.29. The molecule has 1 saturated heterocycles. The van der Waals surface area contributed by atoms with Crippen LogP contribution in [0.25, 0.3) is 0 Å². The standard InChI is InChI=1S/C24H32N2O3/c1-4-19-8-10-21(11-9-19)26(24(27)18-28-2)22-12-14-25(15-13-22)17-20-6-5-7-23(16-20)29-3/h5-11,16,22H,4,12-15,17-18H2,1-3H3. The van der Waals surface area contributed by atoms with Crippen LogP contribution in [0.4, 0.5) is 5.69 Å². The quantitative estimate of drug-likeness (QED) is 0.679. The van der Waals surface area contributed by atoms with Crippen molar-refractivity contribution in [1.82, 2.24) is 4.90 Å². The molecule has 5 heteroatoms. The van der Waals surface area contributed by atoms with Crippen molar-refractivity contribution in [1.29, 1.82) is 0 Å². The number of rotatable bonds is 8. The first-order chi connectivity index (χ1) is 14.1. The van der Waals surface area contributed by atoms with Gasteiger partial charge in [0.15, 0.2) is 0 Å². The molecule has 156 valence electrons. The summed E-state index contributed by atoms with van der Waals surface area (Å²) in [5.74, 6) is 0.923. The maximum absolute atomic E-state index is 12.8. The van der Waals surface area contributed by atoms with Crippen molar-refractivity contribution >= 4 is 11.6 Å². The molecule has 0 N–H and O–H groups in total. The molecule has 0 atom stereocenters. The largest absolute Gasteiger partial charge is 0.497 e. The summed E-state index contributed by atoms with van der Waals surface area (Å²) in [5, 5.41) is 0. The van der Waals surface area contributed by atoms with Crippen molar-refractivity contribution in [3.8, 4) is 5.75 Å². The molecule has 0 bridgehead atoms.